The van der Waals surface area contributed by atoms with E-state index < -0.39 is 110 Å². The van der Waals surface area contributed by atoms with Gasteiger partial charge in [0.25, 0.3) is 0 Å². The van der Waals surface area contributed by atoms with Crippen molar-refractivity contribution < 1.29 is 78.9 Å². The Balaban J connectivity index is 1.47. The number of aliphatic carboxylic acids is 2. The summed E-state index contributed by atoms with van der Waals surface area (Å²) in [7, 11) is 0. The molecule has 3 aliphatic rings. The molecule has 0 bridgehead atoms. The number of aryl methyl sites for hydroxylation is 1. The van der Waals surface area contributed by atoms with Gasteiger partial charge in [-0.25, -0.2) is 9.59 Å². The third-order valence-electron chi connectivity index (χ3n) is 7.71. The molecule has 242 valence electrons. The number of carbonyl (C=O) groups is 2. The first-order valence-electron chi connectivity index (χ1n) is 13.5. The molecule has 17 nitrogen and oxygen atoms in total. The van der Waals surface area contributed by atoms with E-state index >= 15 is 0 Å². The summed E-state index contributed by atoms with van der Waals surface area (Å²) in [5.74, 6) is -3.82. The highest BCUT2D eigenvalue weighted by atomic mass is 16.8. The predicted molar refractivity (Wildman–Crippen MR) is 137 cm³/mol. The van der Waals surface area contributed by atoms with Gasteiger partial charge < -0.3 is 75.0 Å². The first kappa shape index (κ1) is 33.4. The normalized spacial score (nSPS) is 43.6. The zero-order chi connectivity index (χ0) is 31.7. The number of benzene rings is 1. The summed E-state index contributed by atoms with van der Waals surface area (Å²) < 4.78 is 33.0. The Morgan fingerprint density at radius 1 is 0.767 bits per heavy atom. The van der Waals surface area contributed by atoms with Crippen LogP contribution in [0.4, 0.5) is 0 Å². The van der Waals surface area contributed by atoms with E-state index in [1.165, 1.54) is 6.92 Å². The van der Waals surface area contributed by atoms with Crippen molar-refractivity contribution in [2.24, 2.45) is 11.7 Å². The fourth-order valence-electron chi connectivity index (χ4n) is 5.12. The lowest BCUT2D eigenvalue weighted by Crippen LogP contribution is -2.68. The van der Waals surface area contributed by atoms with Crippen LogP contribution in [0.3, 0.4) is 0 Å². The van der Waals surface area contributed by atoms with Crippen LogP contribution in [0.5, 0.6) is 5.75 Å². The molecule has 3 aliphatic heterocycles. The standard InChI is InChI=1S/C26H37NO16/c1-8-3-5-10(6-4-8)38-25-17(33)15(31)20(21(43-25)23(36)37)42-24-12(27)14(30)19(11(7-28)39-24)41-26-16(32)13(29)9(2)18(40-26)22(34)35/h3-6,9,11-21,24-26,28-33H,7,27H2,1-2H3,(H,34,35)(H,36,37)/t9-,11?,12?,13-,14+,15+,16?,17?,18?,19+,20-,21?,24+,25+,26-/m0/s1. The molecule has 1 aromatic rings. The quantitative estimate of drug-likeness (QED) is 0.128. The number of rotatable bonds is 9. The number of aliphatic hydroxyl groups is 6. The molecule has 6 unspecified atom stereocenters. The summed E-state index contributed by atoms with van der Waals surface area (Å²) >= 11 is 0. The molecule has 3 fully saturated rings. The molecule has 43 heavy (non-hydrogen) atoms. The maximum absolute atomic E-state index is 12.1. The molecular weight excluding hydrogens is 582 g/mol. The first-order chi connectivity index (χ1) is 20.2. The molecule has 3 heterocycles. The number of carboxylic acids is 2. The van der Waals surface area contributed by atoms with Gasteiger partial charge in [0.1, 0.15) is 48.5 Å². The lowest BCUT2D eigenvalue weighted by molar-refractivity contribution is -0.355. The Morgan fingerprint density at radius 2 is 1.33 bits per heavy atom. The number of ether oxygens (including phenoxy) is 6. The summed E-state index contributed by atoms with van der Waals surface area (Å²) in [4.78, 5) is 23.6. The molecule has 17 heteroatoms. The van der Waals surface area contributed by atoms with Crippen LogP contribution in [0.25, 0.3) is 0 Å². The maximum Gasteiger partial charge on any atom is 0.335 e. The maximum atomic E-state index is 12.1. The summed E-state index contributed by atoms with van der Waals surface area (Å²) in [6.45, 7) is 2.33. The smallest absolute Gasteiger partial charge is 0.335 e. The molecule has 4 rings (SSSR count). The Kier molecular flexibility index (Phi) is 10.6. The number of nitrogens with two attached hydrogens (primary N) is 1. The highest BCUT2D eigenvalue weighted by Gasteiger charge is 2.54. The van der Waals surface area contributed by atoms with Crippen molar-refractivity contribution in [2.75, 3.05) is 6.61 Å². The Bertz CT molecular complexity index is 1110. The first-order valence-corrected chi connectivity index (χ1v) is 13.5. The number of carboxylic acid groups (broad SMARTS) is 2. The van der Waals surface area contributed by atoms with E-state index in [2.05, 4.69) is 0 Å². The minimum Gasteiger partial charge on any atom is -0.479 e. The molecule has 0 radical (unpaired) electrons. The largest absolute Gasteiger partial charge is 0.479 e. The summed E-state index contributed by atoms with van der Waals surface area (Å²) in [5.41, 5.74) is 7.00. The van der Waals surface area contributed by atoms with Crippen LogP contribution in [0, 0.1) is 12.8 Å². The molecule has 15 atom stereocenters. The fourth-order valence-corrected chi connectivity index (χ4v) is 5.12. The lowest BCUT2D eigenvalue weighted by atomic mass is 9.90. The van der Waals surface area contributed by atoms with Gasteiger partial charge in [-0.15, -0.1) is 0 Å². The monoisotopic (exact) mass is 619 g/mol. The van der Waals surface area contributed by atoms with Gasteiger partial charge >= 0.3 is 11.9 Å². The second kappa shape index (κ2) is 13.6. The average Bonchev–Trinajstić information content (AvgIpc) is 2.96. The Morgan fingerprint density at radius 3 is 1.91 bits per heavy atom. The van der Waals surface area contributed by atoms with Crippen molar-refractivity contribution in [2.45, 2.75) is 99.8 Å². The second-order valence-electron chi connectivity index (χ2n) is 10.8. The summed E-state index contributed by atoms with van der Waals surface area (Å²) in [5, 5.41) is 82.3. The van der Waals surface area contributed by atoms with Crippen LogP contribution in [-0.4, -0.2) is 145 Å². The van der Waals surface area contributed by atoms with Gasteiger partial charge in [0.15, 0.2) is 24.8 Å². The van der Waals surface area contributed by atoms with Crippen LogP contribution in [0.2, 0.25) is 0 Å². The van der Waals surface area contributed by atoms with Crippen molar-refractivity contribution in [3.63, 3.8) is 0 Å². The van der Waals surface area contributed by atoms with Crippen molar-refractivity contribution in [1.29, 1.82) is 0 Å². The van der Waals surface area contributed by atoms with Crippen LogP contribution >= 0.6 is 0 Å². The molecule has 0 aliphatic carbocycles. The molecular formula is C26H37NO16. The van der Waals surface area contributed by atoms with Gasteiger partial charge in [0, 0.05) is 5.92 Å². The van der Waals surface area contributed by atoms with E-state index in [0.717, 1.165) is 5.56 Å². The van der Waals surface area contributed by atoms with E-state index in [0.29, 0.717) is 0 Å². The Hall–Kier alpha value is -2.52. The molecule has 0 spiro atoms. The van der Waals surface area contributed by atoms with Gasteiger partial charge in [-0.2, -0.15) is 0 Å². The van der Waals surface area contributed by atoms with Crippen LogP contribution in [0.15, 0.2) is 24.3 Å². The predicted octanol–water partition coefficient (Wildman–Crippen LogP) is -3.75. The summed E-state index contributed by atoms with van der Waals surface area (Å²) in [6.07, 6.45) is -22.2. The summed E-state index contributed by atoms with van der Waals surface area (Å²) in [6, 6.07) is 4.98. The van der Waals surface area contributed by atoms with Crippen LogP contribution in [-0.2, 0) is 33.3 Å². The zero-order valence-electron chi connectivity index (χ0n) is 23.1. The topological polar surface area (TPSA) is 277 Å². The van der Waals surface area contributed by atoms with Gasteiger partial charge in [0.05, 0.1) is 18.8 Å². The van der Waals surface area contributed by atoms with E-state index in [4.69, 9.17) is 34.2 Å². The molecule has 0 saturated carbocycles. The van der Waals surface area contributed by atoms with Crippen molar-refractivity contribution in [3.05, 3.63) is 29.8 Å². The third-order valence-corrected chi connectivity index (χ3v) is 7.71. The van der Waals surface area contributed by atoms with Crippen molar-refractivity contribution >= 4 is 11.9 Å². The number of hydrogen-bond acceptors (Lipinski definition) is 15. The van der Waals surface area contributed by atoms with E-state index in [1.54, 1.807) is 24.3 Å². The van der Waals surface area contributed by atoms with Gasteiger partial charge in [-0.3, -0.25) is 0 Å². The Labute approximate surface area is 244 Å². The number of aliphatic hydroxyl groups excluding tert-OH is 6. The minimum atomic E-state index is -1.91. The molecule has 3 saturated heterocycles. The van der Waals surface area contributed by atoms with E-state index in [1.807, 2.05) is 6.92 Å². The lowest BCUT2D eigenvalue weighted by Gasteiger charge is -2.48. The fraction of sp³-hybridized carbons (Fsp3) is 0.692. The highest BCUT2D eigenvalue weighted by Crippen LogP contribution is 2.33. The molecule has 0 aromatic heterocycles. The molecule has 10 N–H and O–H groups in total. The minimum absolute atomic E-state index is 0.228. The zero-order valence-corrected chi connectivity index (χ0v) is 23.1. The third kappa shape index (κ3) is 6.93. The highest BCUT2D eigenvalue weighted by molar-refractivity contribution is 5.73. The van der Waals surface area contributed by atoms with Crippen LogP contribution in [0.1, 0.15) is 12.5 Å². The van der Waals surface area contributed by atoms with Gasteiger partial charge in [0.2, 0.25) is 6.29 Å². The number of hydrogen-bond donors (Lipinski definition) is 9. The second-order valence-corrected chi connectivity index (χ2v) is 10.8. The van der Waals surface area contributed by atoms with E-state index in [9.17, 15) is 50.4 Å². The average molecular weight is 620 g/mol. The molecule has 1 aromatic carbocycles. The van der Waals surface area contributed by atoms with E-state index in [-0.39, 0.29) is 5.75 Å². The molecule has 0 amide bonds. The SMILES string of the molecule is Cc1ccc(O[C@@H]2OC(C(=O)O)[C@@H](O[C@H]3OC(CO)[C@@H](O[C@@H]4OC(C(=O)O)[C@@H](C)[C@H](O)C4O)[C@H](O)C3N)[C@H](O)C2O)cc1. The van der Waals surface area contributed by atoms with Crippen molar-refractivity contribution in [1.82, 2.24) is 0 Å². The van der Waals surface area contributed by atoms with Gasteiger partial charge in [-0.05, 0) is 19.1 Å². The van der Waals surface area contributed by atoms with Gasteiger partial charge in [-0.1, -0.05) is 24.6 Å². The van der Waals surface area contributed by atoms with Crippen LogP contribution < -0.4 is 10.5 Å². The van der Waals surface area contributed by atoms with Crippen molar-refractivity contribution in [3.8, 4) is 5.75 Å².